The Morgan fingerprint density at radius 1 is 1.33 bits per heavy atom. The molecule has 0 saturated carbocycles. The van der Waals surface area contributed by atoms with E-state index in [0.717, 1.165) is 5.56 Å². The van der Waals surface area contributed by atoms with E-state index < -0.39 is 12.2 Å². The lowest BCUT2D eigenvalue weighted by molar-refractivity contribution is 0.303. The topological polar surface area (TPSA) is 26.0 Å². The van der Waals surface area contributed by atoms with Crippen LogP contribution in [0.4, 0.5) is 4.39 Å². The number of rotatable bonds is 3. The second-order valence-electron chi connectivity index (χ2n) is 3.01. The van der Waals surface area contributed by atoms with Crippen LogP contribution in [0.25, 0.3) is 0 Å². The Kier molecular flexibility index (Phi) is 2.82. The quantitative estimate of drug-likeness (QED) is 0.734. The van der Waals surface area contributed by atoms with Gasteiger partial charge in [-0.05, 0) is 12.0 Å². The number of benzene rings is 1. The molecular weight excluding hydrogens is 153 g/mol. The first-order valence-corrected chi connectivity index (χ1v) is 4.13. The maximum Gasteiger partial charge on any atom is 0.111 e. The van der Waals surface area contributed by atoms with Gasteiger partial charge in [-0.1, -0.05) is 37.3 Å². The van der Waals surface area contributed by atoms with Gasteiger partial charge in [-0.2, -0.15) is 0 Å². The Labute approximate surface area is 72.4 Å². The van der Waals surface area contributed by atoms with Gasteiger partial charge in [-0.15, -0.1) is 0 Å². The normalized spacial score (nSPS) is 15.6. The van der Waals surface area contributed by atoms with Crippen molar-refractivity contribution in [2.75, 3.05) is 6.67 Å². The molecule has 0 bridgehead atoms. The van der Waals surface area contributed by atoms with Gasteiger partial charge in [-0.25, -0.2) is 4.39 Å². The van der Waals surface area contributed by atoms with Gasteiger partial charge in [-0.3, -0.25) is 0 Å². The highest BCUT2D eigenvalue weighted by molar-refractivity contribution is 5.23. The molecule has 1 aromatic rings. The molecule has 0 aliphatic carbocycles. The van der Waals surface area contributed by atoms with Crippen LogP contribution in [-0.4, -0.2) is 6.67 Å². The zero-order valence-corrected chi connectivity index (χ0v) is 7.26. The highest BCUT2D eigenvalue weighted by atomic mass is 19.1. The smallest absolute Gasteiger partial charge is 0.111 e. The molecule has 0 aliphatic rings. The molecule has 12 heavy (non-hydrogen) atoms. The average Bonchev–Trinajstić information content (AvgIpc) is 2.18. The maximum atomic E-state index is 12.6. The van der Waals surface area contributed by atoms with Crippen molar-refractivity contribution in [1.29, 1.82) is 0 Å². The summed E-state index contributed by atoms with van der Waals surface area (Å²) in [4.78, 5) is 0. The van der Waals surface area contributed by atoms with Crippen molar-refractivity contribution in [3.63, 3.8) is 0 Å². The van der Waals surface area contributed by atoms with Gasteiger partial charge in [0.2, 0.25) is 0 Å². The van der Waals surface area contributed by atoms with Crippen LogP contribution >= 0.6 is 0 Å². The molecule has 1 rings (SSSR count). The third kappa shape index (κ3) is 1.64. The lowest BCUT2D eigenvalue weighted by Crippen LogP contribution is -2.38. The summed E-state index contributed by atoms with van der Waals surface area (Å²) in [5, 5.41) is 0. The van der Waals surface area contributed by atoms with E-state index in [-0.39, 0.29) is 0 Å². The molecule has 0 fully saturated rings. The van der Waals surface area contributed by atoms with Gasteiger partial charge in [0.1, 0.15) is 6.67 Å². The Morgan fingerprint density at radius 2 is 1.92 bits per heavy atom. The predicted molar refractivity (Wildman–Crippen MR) is 48.6 cm³/mol. The van der Waals surface area contributed by atoms with Gasteiger partial charge in [0.15, 0.2) is 0 Å². The summed E-state index contributed by atoms with van der Waals surface area (Å²) in [6.45, 7) is 1.39. The molecule has 66 valence electrons. The Morgan fingerprint density at radius 3 is 2.33 bits per heavy atom. The van der Waals surface area contributed by atoms with Crippen molar-refractivity contribution in [3.05, 3.63) is 35.9 Å². The molecule has 1 nitrogen and oxygen atoms in total. The Hall–Kier alpha value is -0.890. The van der Waals surface area contributed by atoms with Crippen LogP contribution in [0.3, 0.4) is 0 Å². The minimum atomic E-state index is -0.790. The highest BCUT2D eigenvalue weighted by Crippen LogP contribution is 2.21. The molecule has 1 aromatic carbocycles. The average molecular weight is 167 g/mol. The largest absolute Gasteiger partial charge is 0.319 e. The first-order valence-electron chi connectivity index (χ1n) is 4.13. The predicted octanol–water partition coefficient (Wildman–Crippen LogP) is 2.22. The molecule has 2 N–H and O–H groups in total. The monoisotopic (exact) mass is 167 g/mol. The van der Waals surface area contributed by atoms with Crippen LogP contribution in [0, 0.1) is 0 Å². The standard InChI is InChI=1S/C10H14FN/c1-2-10(12,8-11)9-6-4-3-5-7-9/h3-7H,2,8,12H2,1H3. The summed E-state index contributed by atoms with van der Waals surface area (Å²) in [5.41, 5.74) is 5.92. The van der Waals surface area contributed by atoms with Crippen molar-refractivity contribution in [3.8, 4) is 0 Å². The fraction of sp³-hybridized carbons (Fsp3) is 0.400. The highest BCUT2D eigenvalue weighted by Gasteiger charge is 2.24. The molecule has 2 heteroatoms. The fourth-order valence-electron chi connectivity index (χ4n) is 1.15. The second-order valence-corrected chi connectivity index (χ2v) is 3.01. The maximum absolute atomic E-state index is 12.6. The van der Waals surface area contributed by atoms with Gasteiger partial charge < -0.3 is 5.73 Å². The van der Waals surface area contributed by atoms with Crippen molar-refractivity contribution >= 4 is 0 Å². The summed E-state index contributed by atoms with van der Waals surface area (Å²) < 4.78 is 12.6. The Balaban J connectivity index is 2.95. The van der Waals surface area contributed by atoms with Crippen LogP contribution < -0.4 is 5.73 Å². The van der Waals surface area contributed by atoms with Crippen LogP contribution in [-0.2, 0) is 5.54 Å². The van der Waals surface area contributed by atoms with E-state index in [1.807, 2.05) is 37.3 Å². The molecule has 0 aromatic heterocycles. The van der Waals surface area contributed by atoms with E-state index in [4.69, 9.17) is 5.73 Å². The summed E-state index contributed by atoms with van der Waals surface area (Å²) in [6, 6.07) is 9.38. The number of hydrogen-bond acceptors (Lipinski definition) is 1. The third-order valence-corrected chi connectivity index (χ3v) is 2.22. The Bertz CT molecular complexity index is 229. The molecule has 0 spiro atoms. The van der Waals surface area contributed by atoms with E-state index in [1.165, 1.54) is 0 Å². The molecule has 1 atom stereocenters. The van der Waals surface area contributed by atoms with E-state index >= 15 is 0 Å². The van der Waals surface area contributed by atoms with E-state index in [2.05, 4.69) is 0 Å². The minimum Gasteiger partial charge on any atom is -0.319 e. The van der Waals surface area contributed by atoms with Gasteiger partial charge in [0.05, 0.1) is 5.54 Å². The van der Waals surface area contributed by atoms with Gasteiger partial charge in [0.25, 0.3) is 0 Å². The summed E-state index contributed by atoms with van der Waals surface area (Å²) in [7, 11) is 0. The van der Waals surface area contributed by atoms with Crippen molar-refractivity contribution in [2.45, 2.75) is 18.9 Å². The molecular formula is C10H14FN. The lowest BCUT2D eigenvalue weighted by Gasteiger charge is -2.24. The van der Waals surface area contributed by atoms with Gasteiger partial charge in [0, 0.05) is 0 Å². The molecule has 0 radical (unpaired) electrons. The van der Waals surface area contributed by atoms with E-state index in [0.29, 0.717) is 6.42 Å². The lowest BCUT2D eigenvalue weighted by atomic mass is 9.90. The summed E-state index contributed by atoms with van der Waals surface area (Å²) in [5.74, 6) is 0. The fourth-order valence-corrected chi connectivity index (χ4v) is 1.15. The van der Waals surface area contributed by atoms with Crippen molar-refractivity contribution in [2.24, 2.45) is 5.73 Å². The van der Waals surface area contributed by atoms with Crippen LogP contribution in [0.1, 0.15) is 18.9 Å². The molecule has 0 amide bonds. The van der Waals surface area contributed by atoms with E-state index in [9.17, 15) is 4.39 Å². The first kappa shape index (κ1) is 9.20. The molecule has 0 saturated heterocycles. The molecule has 1 unspecified atom stereocenters. The van der Waals surface area contributed by atoms with Crippen LogP contribution in [0.2, 0.25) is 0 Å². The molecule has 0 aliphatic heterocycles. The van der Waals surface area contributed by atoms with Crippen LogP contribution in [0.15, 0.2) is 30.3 Å². The van der Waals surface area contributed by atoms with E-state index in [1.54, 1.807) is 0 Å². The SMILES string of the molecule is CCC(N)(CF)c1ccccc1. The zero-order chi connectivity index (χ0) is 9.03. The third-order valence-electron chi connectivity index (χ3n) is 2.22. The van der Waals surface area contributed by atoms with Crippen molar-refractivity contribution in [1.82, 2.24) is 0 Å². The molecule has 0 heterocycles. The van der Waals surface area contributed by atoms with Gasteiger partial charge >= 0.3 is 0 Å². The number of nitrogens with two attached hydrogens (primary N) is 1. The minimum absolute atomic E-state index is 0.506. The number of halogens is 1. The number of alkyl halides is 1. The zero-order valence-electron chi connectivity index (χ0n) is 7.26. The summed E-state index contributed by atoms with van der Waals surface area (Å²) in [6.07, 6.45) is 0.619. The summed E-state index contributed by atoms with van der Waals surface area (Å²) >= 11 is 0. The van der Waals surface area contributed by atoms with Crippen LogP contribution in [0.5, 0.6) is 0 Å². The number of hydrogen-bond donors (Lipinski definition) is 1. The second kappa shape index (κ2) is 3.68. The first-order chi connectivity index (χ1) is 5.73. The van der Waals surface area contributed by atoms with Crippen molar-refractivity contribution < 1.29 is 4.39 Å².